The first-order valence-electron chi connectivity index (χ1n) is 6.24. The van der Waals surface area contributed by atoms with Gasteiger partial charge >= 0.3 is 0 Å². The Morgan fingerprint density at radius 2 is 2.41 bits per heavy atom. The Hall–Kier alpha value is -0.640. The fraction of sp³-hybridized carbons (Fsp3) is 0.615. The Labute approximate surface area is 108 Å². The lowest BCUT2D eigenvalue weighted by molar-refractivity contribution is 0.237. The highest BCUT2D eigenvalue weighted by atomic mass is 35.5. The van der Waals surface area contributed by atoms with Gasteiger partial charge in [0, 0.05) is 19.3 Å². The molecule has 3 nitrogen and oxygen atoms in total. The van der Waals surface area contributed by atoms with Gasteiger partial charge in [-0.15, -0.1) is 0 Å². The van der Waals surface area contributed by atoms with E-state index in [-0.39, 0.29) is 0 Å². The number of nitrogens with one attached hydrogen (secondary N) is 1. The molecule has 0 amide bonds. The molecule has 1 saturated heterocycles. The summed E-state index contributed by atoms with van der Waals surface area (Å²) in [4.78, 5) is 6.47. The van der Waals surface area contributed by atoms with Gasteiger partial charge in [-0.2, -0.15) is 0 Å². The zero-order valence-electron chi connectivity index (χ0n) is 10.3. The number of halogens is 1. The SMILES string of the molecule is CN(Cc1ccc(Cl)nc1)C[C@H]1CCCNC1. The van der Waals surface area contributed by atoms with Crippen molar-refractivity contribution in [2.24, 2.45) is 5.92 Å². The van der Waals surface area contributed by atoms with Crippen LogP contribution in [0.3, 0.4) is 0 Å². The lowest BCUT2D eigenvalue weighted by atomic mass is 9.99. The van der Waals surface area contributed by atoms with Crippen molar-refractivity contribution in [2.75, 3.05) is 26.7 Å². The molecule has 1 aliphatic heterocycles. The Morgan fingerprint density at radius 3 is 3.06 bits per heavy atom. The quantitative estimate of drug-likeness (QED) is 0.834. The fourth-order valence-corrected chi connectivity index (χ4v) is 2.51. The van der Waals surface area contributed by atoms with E-state index in [1.54, 1.807) is 0 Å². The molecule has 0 aromatic carbocycles. The number of nitrogens with zero attached hydrogens (tertiary/aromatic N) is 2. The predicted octanol–water partition coefficient (Wildman–Crippen LogP) is 2.17. The van der Waals surface area contributed by atoms with E-state index in [1.807, 2.05) is 18.3 Å². The maximum Gasteiger partial charge on any atom is 0.129 e. The van der Waals surface area contributed by atoms with Crippen molar-refractivity contribution in [1.29, 1.82) is 0 Å². The van der Waals surface area contributed by atoms with Crippen LogP contribution in [0.5, 0.6) is 0 Å². The number of hydrogen-bond acceptors (Lipinski definition) is 3. The number of pyridine rings is 1. The molecule has 0 saturated carbocycles. The third kappa shape index (κ3) is 4.26. The predicted molar refractivity (Wildman–Crippen MR) is 71.2 cm³/mol. The molecule has 0 spiro atoms. The molecule has 0 bridgehead atoms. The lowest BCUT2D eigenvalue weighted by Crippen LogP contribution is -2.36. The molecule has 1 aliphatic rings. The summed E-state index contributed by atoms with van der Waals surface area (Å²) >= 11 is 5.77. The number of rotatable bonds is 4. The van der Waals surface area contributed by atoms with Crippen LogP contribution in [-0.2, 0) is 6.54 Å². The van der Waals surface area contributed by atoms with Gasteiger partial charge in [0.05, 0.1) is 0 Å². The molecule has 94 valence electrons. The van der Waals surface area contributed by atoms with Crippen LogP contribution in [0.2, 0.25) is 5.15 Å². The number of aromatic nitrogens is 1. The average Bonchev–Trinajstić information content (AvgIpc) is 2.33. The summed E-state index contributed by atoms with van der Waals surface area (Å²) in [6.07, 6.45) is 4.51. The van der Waals surface area contributed by atoms with Crippen LogP contribution in [-0.4, -0.2) is 36.6 Å². The molecule has 4 heteroatoms. The molecule has 0 unspecified atom stereocenters. The highest BCUT2D eigenvalue weighted by Crippen LogP contribution is 2.13. The Balaban J connectivity index is 1.79. The molecule has 1 aromatic rings. The van der Waals surface area contributed by atoms with Crippen LogP contribution in [0.1, 0.15) is 18.4 Å². The van der Waals surface area contributed by atoms with Crippen molar-refractivity contribution >= 4 is 11.6 Å². The third-order valence-corrected chi connectivity index (χ3v) is 3.43. The first-order valence-corrected chi connectivity index (χ1v) is 6.61. The summed E-state index contributed by atoms with van der Waals surface area (Å²) < 4.78 is 0. The van der Waals surface area contributed by atoms with Crippen LogP contribution >= 0.6 is 11.6 Å². The summed E-state index contributed by atoms with van der Waals surface area (Å²) in [5, 5.41) is 4.02. The van der Waals surface area contributed by atoms with E-state index < -0.39 is 0 Å². The van der Waals surface area contributed by atoms with Gasteiger partial charge in [0.2, 0.25) is 0 Å². The first-order chi connectivity index (χ1) is 8.24. The summed E-state index contributed by atoms with van der Waals surface area (Å²) in [5.41, 5.74) is 1.22. The molecule has 2 heterocycles. The fourth-order valence-electron chi connectivity index (χ4n) is 2.40. The van der Waals surface area contributed by atoms with Gasteiger partial charge in [-0.1, -0.05) is 17.7 Å². The van der Waals surface area contributed by atoms with Crippen LogP contribution in [0, 0.1) is 5.92 Å². The van der Waals surface area contributed by atoms with Crippen LogP contribution < -0.4 is 5.32 Å². The van der Waals surface area contributed by atoms with Crippen molar-refractivity contribution in [3.05, 3.63) is 29.0 Å². The normalized spacial score (nSPS) is 20.8. The topological polar surface area (TPSA) is 28.2 Å². The van der Waals surface area contributed by atoms with Crippen LogP contribution in [0.15, 0.2) is 18.3 Å². The number of piperidine rings is 1. The van der Waals surface area contributed by atoms with Gasteiger partial charge in [-0.3, -0.25) is 0 Å². The smallest absolute Gasteiger partial charge is 0.129 e. The van der Waals surface area contributed by atoms with Crippen LogP contribution in [0.25, 0.3) is 0 Å². The standard InChI is InChI=1S/C13H20ClN3/c1-17(9-11-3-2-6-15-7-11)10-12-4-5-13(14)16-8-12/h4-5,8,11,15H,2-3,6-7,9-10H2,1H3/t11-/m0/s1. The molecule has 1 N–H and O–H groups in total. The second-order valence-corrected chi connectivity index (χ2v) is 5.29. The van der Waals surface area contributed by atoms with E-state index in [9.17, 15) is 0 Å². The molecule has 0 radical (unpaired) electrons. The monoisotopic (exact) mass is 253 g/mol. The highest BCUT2D eigenvalue weighted by molar-refractivity contribution is 6.29. The zero-order valence-corrected chi connectivity index (χ0v) is 11.1. The largest absolute Gasteiger partial charge is 0.316 e. The summed E-state index contributed by atoms with van der Waals surface area (Å²) in [5.74, 6) is 0.786. The maximum atomic E-state index is 5.77. The third-order valence-electron chi connectivity index (χ3n) is 3.21. The van der Waals surface area contributed by atoms with Gasteiger partial charge in [0.25, 0.3) is 0 Å². The first kappa shape index (κ1) is 12.8. The van der Waals surface area contributed by atoms with E-state index in [0.717, 1.165) is 25.6 Å². The van der Waals surface area contributed by atoms with E-state index in [1.165, 1.54) is 24.9 Å². The molecule has 1 fully saturated rings. The lowest BCUT2D eigenvalue weighted by Gasteiger charge is -2.27. The Morgan fingerprint density at radius 1 is 1.53 bits per heavy atom. The van der Waals surface area contributed by atoms with Gasteiger partial charge in [-0.25, -0.2) is 4.98 Å². The Kier molecular flexibility index (Phi) is 4.77. The maximum absolute atomic E-state index is 5.77. The van der Waals surface area contributed by atoms with E-state index in [4.69, 9.17) is 11.6 Å². The summed E-state index contributed by atoms with van der Waals surface area (Å²) in [7, 11) is 2.17. The minimum atomic E-state index is 0.563. The molecule has 0 aliphatic carbocycles. The highest BCUT2D eigenvalue weighted by Gasteiger charge is 2.14. The minimum Gasteiger partial charge on any atom is -0.316 e. The van der Waals surface area contributed by atoms with Gasteiger partial charge in [0.1, 0.15) is 5.15 Å². The van der Waals surface area contributed by atoms with Gasteiger partial charge in [0.15, 0.2) is 0 Å². The zero-order chi connectivity index (χ0) is 12.1. The van der Waals surface area contributed by atoms with Crippen molar-refractivity contribution in [1.82, 2.24) is 15.2 Å². The summed E-state index contributed by atoms with van der Waals surface area (Å²) in [6, 6.07) is 3.90. The molecule has 17 heavy (non-hydrogen) atoms. The van der Waals surface area contributed by atoms with Crippen LogP contribution in [0.4, 0.5) is 0 Å². The molecule has 2 rings (SSSR count). The minimum absolute atomic E-state index is 0.563. The van der Waals surface area contributed by atoms with Crippen molar-refractivity contribution in [3.8, 4) is 0 Å². The van der Waals surface area contributed by atoms with Crippen molar-refractivity contribution in [3.63, 3.8) is 0 Å². The van der Waals surface area contributed by atoms with Crippen molar-refractivity contribution in [2.45, 2.75) is 19.4 Å². The van der Waals surface area contributed by atoms with Gasteiger partial charge in [-0.05, 0) is 50.5 Å². The Bertz CT molecular complexity index is 333. The second-order valence-electron chi connectivity index (χ2n) is 4.90. The molecule has 1 aromatic heterocycles. The van der Waals surface area contributed by atoms with Gasteiger partial charge < -0.3 is 10.2 Å². The molecule has 1 atom stereocenters. The van der Waals surface area contributed by atoms with Crippen molar-refractivity contribution < 1.29 is 0 Å². The summed E-state index contributed by atoms with van der Waals surface area (Å²) in [6.45, 7) is 4.43. The van der Waals surface area contributed by atoms with E-state index in [2.05, 4.69) is 22.2 Å². The molecular weight excluding hydrogens is 234 g/mol. The molecular formula is C13H20ClN3. The van der Waals surface area contributed by atoms with E-state index in [0.29, 0.717) is 5.15 Å². The second kappa shape index (κ2) is 6.34. The average molecular weight is 254 g/mol. The number of hydrogen-bond donors (Lipinski definition) is 1. The van der Waals surface area contributed by atoms with E-state index >= 15 is 0 Å².